The molecule has 5 heteroatoms. The lowest BCUT2D eigenvalue weighted by Crippen LogP contribution is -2.34. The fourth-order valence-corrected chi connectivity index (χ4v) is 2.78. The Labute approximate surface area is 118 Å². The molecule has 1 fully saturated rings. The molecule has 0 spiro atoms. The topological polar surface area (TPSA) is 74.2 Å². The molecule has 20 heavy (non-hydrogen) atoms. The van der Waals surface area contributed by atoms with Gasteiger partial charge in [-0.15, -0.1) is 0 Å². The second-order valence-electron chi connectivity index (χ2n) is 5.35. The Hall–Kier alpha value is -1.72. The number of nitrogens with two attached hydrogens (primary N) is 1. The number of methoxy groups -OCH3 is 1. The third kappa shape index (κ3) is 2.34. The third-order valence-corrected chi connectivity index (χ3v) is 3.95. The Bertz CT molecular complexity index is 562. The van der Waals surface area contributed by atoms with Crippen molar-refractivity contribution in [3.63, 3.8) is 0 Å². The van der Waals surface area contributed by atoms with Crippen molar-refractivity contribution in [1.82, 2.24) is 10.1 Å². The molecule has 1 aromatic heterocycles. The molecule has 2 N–H and O–H groups in total. The van der Waals surface area contributed by atoms with Gasteiger partial charge in [-0.25, -0.2) is 0 Å². The van der Waals surface area contributed by atoms with E-state index in [1.54, 1.807) is 7.11 Å². The maximum Gasteiger partial charge on any atom is 0.260 e. The summed E-state index contributed by atoms with van der Waals surface area (Å²) in [6, 6.07) is 9.83. The van der Waals surface area contributed by atoms with Gasteiger partial charge in [0.1, 0.15) is 0 Å². The minimum Gasteiger partial charge on any atom is -0.367 e. The summed E-state index contributed by atoms with van der Waals surface area (Å²) in [5.41, 5.74) is 6.90. The lowest BCUT2D eigenvalue weighted by Gasteiger charge is -2.18. The van der Waals surface area contributed by atoms with E-state index in [-0.39, 0.29) is 6.10 Å². The molecular weight excluding hydrogens is 254 g/mol. The molecule has 1 atom stereocenters. The van der Waals surface area contributed by atoms with Gasteiger partial charge >= 0.3 is 0 Å². The van der Waals surface area contributed by atoms with Gasteiger partial charge in [0.05, 0.1) is 5.54 Å². The van der Waals surface area contributed by atoms with Crippen molar-refractivity contribution in [2.75, 3.05) is 7.11 Å². The summed E-state index contributed by atoms with van der Waals surface area (Å²) in [5.74, 6) is 1.06. The lowest BCUT2D eigenvalue weighted by molar-refractivity contribution is 0.105. The highest BCUT2D eigenvalue weighted by Crippen LogP contribution is 2.35. The van der Waals surface area contributed by atoms with E-state index in [9.17, 15) is 0 Å². The maximum absolute atomic E-state index is 6.35. The van der Waals surface area contributed by atoms with Crippen LogP contribution in [0.15, 0.2) is 34.9 Å². The fourth-order valence-electron chi connectivity index (χ4n) is 2.78. The summed E-state index contributed by atoms with van der Waals surface area (Å²) in [5, 5.41) is 4.07. The van der Waals surface area contributed by atoms with Gasteiger partial charge in [0.25, 0.3) is 5.89 Å². The molecule has 1 saturated carbocycles. The van der Waals surface area contributed by atoms with Crippen LogP contribution in [-0.4, -0.2) is 17.3 Å². The summed E-state index contributed by atoms with van der Waals surface area (Å²) < 4.78 is 10.9. The van der Waals surface area contributed by atoms with Crippen molar-refractivity contribution in [2.24, 2.45) is 5.73 Å². The van der Waals surface area contributed by atoms with E-state index in [2.05, 4.69) is 10.1 Å². The number of ether oxygens (including phenoxy) is 1. The number of hydrogen-bond donors (Lipinski definition) is 1. The molecule has 1 unspecified atom stereocenters. The van der Waals surface area contributed by atoms with Crippen molar-refractivity contribution in [3.05, 3.63) is 47.6 Å². The monoisotopic (exact) mass is 273 g/mol. The maximum atomic E-state index is 6.35. The molecule has 0 aliphatic heterocycles. The molecule has 5 nitrogen and oxygen atoms in total. The first-order valence-corrected chi connectivity index (χ1v) is 6.94. The van der Waals surface area contributed by atoms with E-state index in [1.807, 2.05) is 30.3 Å². The molecule has 2 aromatic rings. The van der Waals surface area contributed by atoms with Crippen molar-refractivity contribution >= 4 is 0 Å². The van der Waals surface area contributed by atoms with E-state index in [0.29, 0.717) is 11.7 Å². The standard InChI is InChI=1S/C15H19N3O2/c1-19-12(11-7-3-2-4-8-11)13-17-14(18-20-13)15(16)9-5-6-10-15/h2-4,7-8,12H,5-6,9-10,16H2,1H3. The molecule has 0 amide bonds. The molecular formula is C15H19N3O2. The summed E-state index contributed by atoms with van der Waals surface area (Å²) in [4.78, 5) is 4.48. The third-order valence-electron chi connectivity index (χ3n) is 3.95. The number of nitrogens with zero attached hydrogens (tertiary/aromatic N) is 2. The van der Waals surface area contributed by atoms with E-state index in [1.165, 1.54) is 0 Å². The zero-order valence-corrected chi connectivity index (χ0v) is 11.6. The van der Waals surface area contributed by atoms with Crippen LogP contribution in [-0.2, 0) is 10.3 Å². The van der Waals surface area contributed by atoms with Crippen LogP contribution in [0, 0.1) is 0 Å². The van der Waals surface area contributed by atoms with Crippen molar-refractivity contribution in [2.45, 2.75) is 37.3 Å². The summed E-state index contributed by atoms with van der Waals surface area (Å²) in [6.07, 6.45) is 3.71. The number of benzene rings is 1. The quantitative estimate of drug-likeness (QED) is 0.926. The van der Waals surface area contributed by atoms with Crippen molar-refractivity contribution < 1.29 is 9.26 Å². The van der Waals surface area contributed by atoms with E-state index in [0.717, 1.165) is 31.2 Å². The van der Waals surface area contributed by atoms with Crippen LogP contribution in [0.3, 0.4) is 0 Å². The van der Waals surface area contributed by atoms with Crippen molar-refractivity contribution in [3.8, 4) is 0 Å². The van der Waals surface area contributed by atoms with Crippen molar-refractivity contribution in [1.29, 1.82) is 0 Å². The van der Waals surface area contributed by atoms with Crippen LogP contribution in [0.25, 0.3) is 0 Å². The van der Waals surface area contributed by atoms with Gasteiger partial charge in [-0.3, -0.25) is 0 Å². The Balaban J connectivity index is 1.89. The van der Waals surface area contributed by atoms with E-state index < -0.39 is 5.54 Å². The smallest absolute Gasteiger partial charge is 0.260 e. The molecule has 0 radical (unpaired) electrons. The molecule has 1 aromatic carbocycles. The predicted molar refractivity (Wildman–Crippen MR) is 73.9 cm³/mol. The Kier molecular flexibility index (Phi) is 3.54. The predicted octanol–water partition coefficient (Wildman–Crippen LogP) is 2.53. The Morgan fingerprint density at radius 1 is 1.25 bits per heavy atom. The summed E-state index contributed by atoms with van der Waals surface area (Å²) in [6.45, 7) is 0. The van der Waals surface area contributed by atoms with Gasteiger partial charge in [-0.05, 0) is 18.4 Å². The second kappa shape index (κ2) is 5.34. The van der Waals surface area contributed by atoms with Gasteiger partial charge in [-0.2, -0.15) is 4.98 Å². The highest BCUT2D eigenvalue weighted by molar-refractivity contribution is 5.22. The van der Waals surface area contributed by atoms with Gasteiger partial charge in [0.2, 0.25) is 0 Å². The molecule has 3 rings (SSSR count). The lowest BCUT2D eigenvalue weighted by atomic mass is 9.98. The molecule has 0 saturated heterocycles. The minimum atomic E-state index is -0.434. The number of hydrogen-bond acceptors (Lipinski definition) is 5. The largest absolute Gasteiger partial charge is 0.367 e. The van der Waals surface area contributed by atoms with Crippen LogP contribution in [0.2, 0.25) is 0 Å². The van der Waals surface area contributed by atoms with Gasteiger partial charge in [-0.1, -0.05) is 48.3 Å². The number of aromatic nitrogens is 2. The Morgan fingerprint density at radius 2 is 1.95 bits per heavy atom. The minimum absolute atomic E-state index is 0.345. The van der Waals surface area contributed by atoms with Crippen LogP contribution in [0.1, 0.15) is 49.1 Å². The first kappa shape index (κ1) is 13.3. The zero-order valence-electron chi connectivity index (χ0n) is 11.6. The molecule has 106 valence electrons. The average Bonchev–Trinajstić information content (AvgIpc) is 3.11. The Morgan fingerprint density at radius 3 is 2.60 bits per heavy atom. The SMILES string of the molecule is COC(c1ccccc1)c1nc(C2(N)CCCC2)no1. The first-order valence-electron chi connectivity index (χ1n) is 6.94. The van der Waals surface area contributed by atoms with Gasteiger partial charge in [0.15, 0.2) is 11.9 Å². The second-order valence-corrected chi connectivity index (χ2v) is 5.35. The fraction of sp³-hybridized carbons (Fsp3) is 0.467. The molecule has 0 bridgehead atoms. The highest BCUT2D eigenvalue weighted by Gasteiger charge is 2.36. The van der Waals surface area contributed by atoms with E-state index >= 15 is 0 Å². The molecule has 1 aliphatic rings. The summed E-state index contributed by atoms with van der Waals surface area (Å²) >= 11 is 0. The number of rotatable bonds is 4. The van der Waals surface area contributed by atoms with Gasteiger partial charge < -0.3 is 15.0 Å². The first-order chi connectivity index (χ1) is 9.73. The summed E-state index contributed by atoms with van der Waals surface area (Å²) in [7, 11) is 1.63. The van der Waals surface area contributed by atoms with E-state index in [4.69, 9.17) is 15.0 Å². The highest BCUT2D eigenvalue weighted by atomic mass is 16.5. The van der Waals surface area contributed by atoms with Crippen LogP contribution in [0.4, 0.5) is 0 Å². The van der Waals surface area contributed by atoms with Crippen LogP contribution in [0.5, 0.6) is 0 Å². The average molecular weight is 273 g/mol. The normalized spacial score (nSPS) is 19.1. The zero-order chi connectivity index (χ0) is 14.0. The van der Waals surface area contributed by atoms with Crippen LogP contribution >= 0.6 is 0 Å². The van der Waals surface area contributed by atoms with Crippen LogP contribution < -0.4 is 5.73 Å². The molecule has 1 aliphatic carbocycles. The molecule has 1 heterocycles. The van der Waals surface area contributed by atoms with Gasteiger partial charge in [0, 0.05) is 7.11 Å².